The minimum Gasteiger partial charge on any atom is -0.493 e. The summed E-state index contributed by atoms with van der Waals surface area (Å²) in [6.07, 6.45) is 2.81. The first kappa shape index (κ1) is 17.3. The van der Waals surface area contributed by atoms with E-state index in [-0.39, 0.29) is 0 Å². The Bertz CT molecular complexity index is 724. The van der Waals surface area contributed by atoms with Gasteiger partial charge in [-0.1, -0.05) is 0 Å². The van der Waals surface area contributed by atoms with Gasteiger partial charge >= 0.3 is 0 Å². The molecule has 0 radical (unpaired) electrons. The lowest BCUT2D eigenvalue weighted by molar-refractivity contribution is 0.238. The van der Waals surface area contributed by atoms with Crippen molar-refractivity contribution in [2.24, 2.45) is 5.92 Å². The smallest absolute Gasteiger partial charge is 0.231 e. The van der Waals surface area contributed by atoms with Crippen molar-refractivity contribution in [2.45, 2.75) is 6.42 Å². The van der Waals surface area contributed by atoms with Gasteiger partial charge in [-0.05, 0) is 38.2 Å². The highest BCUT2D eigenvalue weighted by molar-refractivity contribution is 5.62. The molecule has 1 aromatic carbocycles. The Hall–Kier alpha value is -2.54. The van der Waals surface area contributed by atoms with E-state index in [1.165, 1.54) is 0 Å². The average molecular weight is 343 g/mol. The number of benzene rings is 1. The quantitative estimate of drug-likeness (QED) is 0.861. The molecule has 25 heavy (non-hydrogen) atoms. The molecule has 0 saturated carbocycles. The number of nitrogens with zero attached hydrogens (tertiary/aromatic N) is 4. The number of likely N-dealkylation sites (tertiary alicyclic amines) is 1. The highest BCUT2D eigenvalue weighted by atomic mass is 16.5. The fourth-order valence-electron chi connectivity index (χ4n) is 3.00. The van der Waals surface area contributed by atoms with Crippen LogP contribution in [0, 0.1) is 5.92 Å². The van der Waals surface area contributed by atoms with Crippen LogP contribution < -0.4 is 20.1 Å². The number of hydrogen-bond donors (Lipinski definition) is 1. The van der Waals surface area contributed by atoms with Gasteiger partial charge in [0.25, 0.3) is 0 Å². The van der Waals surface area contributed by atoms with Crippen LogP contribution in [0.5, 0.6) is 11.5 Å². The molecule has 0 amide bonds. The molecule has 0 bridgehead atoms. The van der Waals surface area contributed by atoms with Crippen LogP contribution >= 0.6 is 0 Å². The van der Waals surface area contributed by atoms with Crippen molar-refractivity contribution in [1.29, 1.82) is 0 Å². The highest BCUT2D eigenvalue weighted by Crippen LogP contribution is 2.34. The molecule has 2 heterocycles. The maximum absolute atomic E-state index is 6.07. The Morgan fingerprint density at radius 1 is 1.32 bits per heavy atom. The predicted molar refractivity (Wildman–Crippen MR) is 98.6 cm³/mol. The largest absolute Gasteiger partial charge is 0.493 e. The lowest BCUT2D eigenvalue weighted by Gasteiger charge is -2.20. The highest BCUT2D eigenvalue weighted by Gasteiger charge is 2.21. The minimum atomic E-state index is 0.437. The molecule has 0 aliphatic carbocycles. The third kappa shape index (κ3) is 4.11. The Morgan fingerprint density at radius 2 is 2.16 bits per heavy atom. The third-order valence-corrected chi connectivity index (χ3v) is 4.46. The number of nitrogen functional groups attached to an aromatic ring is 1. The molecule has 3 rings (SSSR count). The Balaban J connectivity index is 1.77. The van der Waals surface area contributed by atoms with E-state index < -0.39 is 0 Å². The molecular weight excluding hydrogens is 318 g/mol. The fourth-order valence-corrected chi connectivity index (χ4v) is 3.00. The Morgan fingerprint density at radius 3 is 2.84 bits per heavy atom. The zero-order valence-electron chi connectivity index (χ0n) is 15.0. The molecule has 1 saturated heterocycles. The average Bonchev–Trinajstić information content (AvgIpc) is 3.04. The zero-order valence-corrected chi connectivity index (χ0v) is 15.0. The molecule has 134 valence electrons. The van der Waals surface area contributed by atoms with Crippen LogP contribution in [0.15, 0.2) is 30.5 Å². The van der Waals surface area contributed by atoms with Crippen molar-refractivity contribution in [3.63, 3.8) is 0 Å². The van der Waals surface area contributed by atoms with Gasteiger partial charge in [-0.25, -0.2) is 4.98 Å². The van der Waals surface area contributed by atoms with E-state index in [0.717, 1.165) is 36.7 Å². The minimum absolute atomic E-state index is 0.437. The normalized spacial score (nSPS) is 17.5. The first-order chi connectivity index (χ1) is 12.1. The summed E-state index contributed by atoms with van der Waals surface area (Å²) in [4.78, 5) is 12.7. The van der Waals surface area contributed by atoms with Crippen LogP contribution in [0.25, 0.3) is 0 Å². The Kier molecular flexibility index (Phi) is 5.23. The van der Waals surface area contributed by atoms with E-state index in [1.807, 2.05) is 30.1 Å². The number of methoxy groups -OCH3 is 1. The Labute approximate surface area is 148 Å². The maximum Gasteiger partial charge on any atom is 0.231 e. The lowest BCUT2D eigenvalue weighted by atomic mass is 10.1. The number of anilines is 3. The van der Waals surface area contributed by atoms with Crippen molar-refractivity contribution in [3.8, 4) is 11.5 Å². The second-order valence-electron chi connectivity index (χ2n) is 6.40. The van der Waals surface area contributed by atoms with Crippen LogP contribution in [-0.4, -0.2) is 55.8 Å². The van der Waals surface area contributed by atoms with Crippen molar-refractivity contribution in [3.05, 3.63) is 30.5 Å². The van der Waals surface area contributed by atoms with E-state index in [2.05, 4.69) is 21.9 Å². The van der Waals surface area contributed by atoms with E-state index in [9.17, 15) is 0 Å². The van der Waals surface area contributed by atoms with Crippen molar-refractivity contribution in [1.82, 2.24) is 14.9 Å². The third-order valence-electron chi connectivity index (χ3n) is 4.46. The summed E-state index contributed by atoms with van der Waals surface area (Å²) in [6, 6.07) is 7.46. The van der Waals surface area contributed by atoms with Gasteiger partial charge in [-0.3, -0.25) is 0 Å². The van der Waals surface area contributed by atoms with E-state index in [4.69, 9.17) is 15.2 Å². The van der Waals surface area contributed by atoms with Gasteiger partial charge in [-0.15, -0.1) is 0 Å². The number of aromatic nitrogens is 2. The second-order valence-corrected chi connectivity index (χ2v) is 6.40. The molecule has 0 unspecified atom stereocenters. The number of ether oxygens (including phenoxy) is 2. The zero-order chi connectivity index (χ0) is 17.8. The number of nitrogens with two attached hydrogens (primary N) is 1. The lowest BCUT2D eigenvalue weighted by Crippen LogP contribution is -2.18. The molecule has 7 heteroatoms. The molecule has 7 nitrogen and oxygen atoms in total. The standard InChI is InChI=1S/C18H25N5O2/c1-22-9-7-13(11-22)12-25-16-10-14(4-5-15(16)24-3)23(2)18-20-8-6-17(19)21-18/h4-6,8,10,13H,7,9,11-12H2,1-3H3,(H2,19,20,21)/t13-/m1/s1. The SMILES string of the molecule is COc1ccc(N(C)c2nccc(N)n2)cc1OC[C@@H]1CCN(C)C1. The van der Waals surface area contributed by atoms with Crippen LogP contribution in [0.1, 0.15) is 6.42 Å². The molecule has 2 N–H and O–H groups in total. The van der Waals surface area contributed by atoms with Gasteiger partial charge in [0.15, 0.2) is 11.5 Å². The van der Waals surface area contributed by atoms with Crippen LogP contribution in [-0.2, 0) is 0 Å². The summed E-state index contributed by atoms with van der Waals surface area (Å²) in [5, 5.41) is 0. The summed E-state index contributed by atoms with van der Waals surface area (Å²) in [5.41, 5.74) is 6.66. The van der Waals surface area contributed by atoms with Crippen LogP contribution in [0.4, 0.5) is 17.5 Å². The molecular formula is C18H25N5O2. The summed E-state index contributed by atoms with van der Waals surface area (Å²) in [6.45, 7) is 2.88. The first-order valence-electron chi connectivity index (χ1n) is 8.38. The summed E-state index contributed by atoms with van der Waals surface area (Å²) >= 11 is 0. The molecule has 1 aromatic heterocycles. The van der Waals surface area contributed by atoms with E-state index in [1.54, 1.807) is 19.4 Å². The molecule has 0 spiro atoms. The van der Waals surface area contributed by atoms with Crippen LogP contribution in [0.3, 0.4) is 0 Å². The van der Waals surface area contributed by atoms with E-state index in [0.29, 0.717) is 24.3 Å². The molecule has 1 aliphatic heterocycles. The second kappa shape index (κ2) is 7.57. The van der Waals surface area contributed by atoms with Crippen molar-refractivity contribution >= 4 is 17.5 Å². The topological polar surface area (TPSA) is 76.7 Å². The van der Waals surface area contributed by atoms with Gasteiger partial charge in [-0.2, -0.15) is 4.98 Å². The molecule has 1 atom stereocenters. The van der Waals surface area contributed by atoms with E-state index >= 15 is 0 Å². The fraction of sp³-hybridized carbons (Fsp3) is 0.444. The molecule has 1 fully saturated rings. The predicted octanol–water partition coefficient (Wildman–Crippen LogP) is 2.17. The van der Waals surface area contributed by atoms with Crippen molar-refractivity contribution in [2.75, 3.05) is 51.5 Å². The van der Waals surface area contributed by atoms with Crippen LogP contribution in [0.2, 0.25) is 0 Å². The number of hydrogen-bond acceptors (Lipinski definition) is 7. The summed E-state index contributed by atoms with van der Waals surface area (Å²) in [7, 11) is 5.68. The van der Waals surface area contributed by atoms with Gasteiger partial charge in [0.2, 0.25) is 5.95 Å². The van der Waals surface area contributed by atoms with Gasteiger partial charge in [0, 0.05) is 37.5 Å². The maximum atomic E-state index is 6.07. The summed E-state index contributed by atoms with van der Waals surface area (Å²) < 4.78 is 11.5. The molecule has 1 aliphatic rings. The van der Waals surface area contributed by atoms with Gasteiger partial charge in [0.1, 0.15) is 5.82 Å². The van der Waals surface area contributed by atoms with Gasteiger partial charge < -0.3 is 25.0 Å². The van der Waals surface area contributed by atoms with Crippen molar-refractivity contribution < 1.29 is 9.47 Å². The van der Waals surface area contributed by atoms with Gasteiger partial charge in [0.05, 0.1) is 13.7 Å². The monoisotopic (exact) mass is 343 g/mol. The summed E-state index contributed by atoms with van der Waals surface area (Å²) in [5.74, 6) is 2.97. The first-order valence-corrected chi connectivity index (χ1v) is 8.38. The molecule has 2 aromatic rings. The number of rotatable bonds is 6.